The number of aliphatic carboxylic acids is 1. The topological polar surface area (TPSA) is 66.3 Å². The van der Waals surface area contributed by atoms with Gasteiger partial charge in [-0.25, -0.2) is 9.37 Å². The molecule has 2 atom stereocenters. The number of hydrogen-bond acceptors (Lipinski definition) is 4. The first-order valence-electron chi connectivity index (χ1n) is 5.46. The summed E-state index contributed by atoms with van der Waals surface area (Å²) in [6, 6.07) is 0. The molecule has 0 saturated carbocycles. The Morgan fingerprint density at radius 2 is 2.24 bits per heavy atom. The fraction of sp³-hybridized carbons (Fsp3) is 0.545. The van der Waals surface area contributed by atoms with E-state index < -0.39 is 18.1 Å². The maximum atomic E-state index is 13.5. The van der Waals surface area contributed by atoms with E-state index in [0.29, 0.717) is 5.82 Å². The van der Waals surface area contributed by atoms with Gasteiger partial charge in [0, 0.05) is 6.54 Å². The molecule has 1 aliphatic rings. The number of alkyl halides is 1. The van der Waals surface area contributed by atoms with Gasteiger partial charge >= 0.3 is 5.97 Å². The molecule has 1 aromatic rings. The van der Waals surface area contributed by atoms with Crippen LogP contribution >= 0.6 is 0 Å². The molecule has 1 aliphatic heterocycles. The van der Waals surface area contributed by atoms with E-state index in [9.17, 15) is 9.18 Å². The van der Waals surface area contributed by atoms with Gasteiger partial charge in [0.25, 0.3) is 0 Å². The summed E-state index contributed by atoms with van der Waals surface area (Å²) >= 11 is 0. The van der Waals surface area contributed by atoms with Crippen LogP contribution in [0.2, 0.25) is 0 Å². The molecule has 2 heterocycles. The highest BCUT2D eigenvalue weighted by Gasteiger charge is 2.32. The lowest BCUT2D eigenvalue weighted by molar-refractivity contribution is -0.142. The third-order valence-electron chi connectivity index (χ3n) is 2.84. The first-order chi connectivity index (χ1) is 8.06. The van der Waals surface area contributed by atoms with E-state index in [2.05, 4.69) is 9.97 Å². The van der Waals surface area contributed by atoms with E-state index in [0.717, 1.165) is 5.69 Å². The van der Waals surface area contributed by atoms with Crippen molar-refractivity contribution in [2.24, 2.45) is 5.92 Å². The Morgan fingerprint density at radius 3 is 2.82 bits per heavy atom. The summed E-state index contributed by atoms with van der Waals surface area (Å²) in [6.45, 7) is 2.28. The van der Waals surface area contributed by atoms with Gasteiger partial charge in [0.1, 0.15) is 12.0 Å². The lowest BCUT2D eigenvalue weighted by Gasteiger charge is -2.33. The van der Waals surface area contributed by atoms with Crippen molar-refractivity contribution >= 4 is 11.8 Å². The SMILES string of the molecule is Cc1cnc(N2C[C@@H](F)C[C@H](C(=O)O)C2)cn1. The maximum Gasteiger partial charge on any atom is 0.308 e. The standard InChI is InChI=1S/C11H14FN3O2/c1-7-3-14-10(4-13-7)15-5-8(11(16)17)2-9(12)6-15/h3-4,8-9H,2,5-6H2,1H3,(H,16,17)/t8-,9-/m0/s1. The van der Waals surface area contributed by atoms with Crippen LogP contribution in [0.1, 0.15) is 12.1 Å². The second-order valence-corrected chi connectivity index (χ2v) is 4.29. The van der Waals surface area contributed by atoms with E-state index in [1.54, 1.807) is 17.3 Å². The summed E-state index contributed by atoms with van der Waals surface area (Å²) < 4.78 is 13.5. The number of anilines is 1. The lowest BCUT2D eigenvalue weighted by Crippen LogP contribution is -2.44. The molecule has 0 spiro atoms. The molecule has 1 N–H and O–H groups in total. The fourth-order valence-electron chi connectivity index (χ4n) is 1.95. The largest absolute Gasteiger partial charge is 0.481 e. The van der Waals surface area contributed by atoms with E-state index in [4.69, 9.17) is 5.11 Å². The number of nitrogens with zero attached hydrogens (tertiary/aromatic N) is 3. The summed E-state index contributed by atoms with van der Waals surface area (Å²) in [5.41, 5.74) is 0.775. The van der Waals surface area contributed by atoms with Gasteiger partial charge in [0.15, 0.2) is 0 Å². The van der Waals surface area contributed by atoms with Crippen LogP contribution in [0.25, 0.3) is 0 Å². The van der Waals surface area contributed by atoms with Crippen molar-refractivity contribution in [1.82, 2.24) is 9.97 Å². The van der Waals surface area contributed by atoms with E-state index in [1.807, 2.05) is 6.92 Å². The second kappa shape index (κ2) is 4.65. The Morgan fingerprint density at radius 1 is 1.47 bits per heavy atom. The van der Waals surface area contributed by atoms with Gasteiger partial charge in [0.2, 0.25) is 0 Å². The van der Waals surface area contributed by atoms with Crippen LogP contribution in [0, 0.1) is 12.8 Å². The summed E-state index contributed by atoms with van der Waals surface area (Å²) in [7, 11) is 0. The van der Waals surface area contributed by atoms with Crippen molar-refractivity contribution in [2.45, 2.75) is 19.5 Å². The van der Waals surface area contributed by atoms with Gasteiger partial charge in [-0.15, -0.1) is 0 Å². The Bertz CT molecular complexity index is 410. The molecule has 5 nitrogen and oxygen atoms in total. The Balaban J connectivity index is 2.15. The van der Waals surface area contributed by atoms with Crippen LogP contribution in [-0.2, 0) is 4.79 Å². The molecule has 6 heteroatoms. The number of carboxylic acids is 1. The summed E-state index contributed by atoms with van der Waals surface area (Å²) in [5, 5.41) is 8.94. The highest BCUT2D eigenvalue weighted by molar-refractivity contribution is 5.71. The average molecular weight is 239 g/mol. The molecule has 0 unspecified atom stereocenters. The van der Waals surface area contributed by atoms with E-state index in [-0.39, 0.29) is 19.5 Å². The van der Waals surface area contributed by atoms with Gasteiger partial charge in [0.05, 0.1) is 30.6 Å². The summed E-state index contributed by atoms with van der Waals surface area (Å²) in [4.78, 5) is 20.7. The minimum Gasteiger partial charge on any atom is -0.481 e. The number of hydrogen-bond donors (Lipinski definition) is 1. The number of halogens is 1. The van der Waals surface area contributed by atoms with Gasteiger partial charge in [-0.3, -0.25) is 9.78 Å². The molecule has 0 aromatic carbocycles. The van der Waals surface area contributed by atoms with Crippen LogP contribution in [0.3, 0.4) is 0 Å². The average Bonchev–Trinajstić information content (AvgIpc) is 2.29. The molecule has 92 valence electrons. The van der Waals surface area contributed by atoms with E-state index >= 15 is 0 Å². The molecule has 0 aliphatic carbocycles. The van der Waals surface area contributed by atoms with Crippen LogP contribution < -0.4 is 4.90 Å². The van der Waals surface area contributed by atoms with Gasteiger partial charge in [-0.2, -0.15) is 0 Å². The van der Waals surface area contributed by atoms with Gasteiger partial charge in [-0.05, 0) is 13.3 Å². The number of aryl methyl sites for hydroxylation is 1. The van der Waals surface area contributed by atoms with E-state index in [1.165, 1.54) is 0 Å². The number of carbonyl (C=O) groups is 1. The summed E-state index contributed by atoms with van der Waals surface area (Å²) in [5.74, 6) is -1.11. The quantitative estimate of drug-likeness (QED) is 0.835. The Hall–Kier alpha value is -1.72. The van der Waals surface area contributed by atoms with Crippen LogP contribution in [-0.4, -0.2) is 40.3 Å². The monoisotopic (exact) mass is 239 g/mol. The zero-order chi connectivity index (χ0) is 12.4. The zero-order valence-electron chi connectivity index (χ0n) is 9.51. The van der Waals surface area contributed by atoms with Gasteiger partial charge in [-0.1, -0.05) is 0 Å². The Kier molecular flexibility index (Phi) is 3.21. The third-order valence-corrected chi connectivity index (χ3v) is 2.84. The number of carboxylic acid groups (broad SMARTS) is 1. The third kappa shape index (κ3) is 2.69. The number of aromatic nitrogens is 2. The number of rotatable bonds is 2. The molecular formula is C11H14FN3O2. The van der Waals surface area contributed by atoms with Crippen molar-refractivity contribution in [3.63, 3.8) is 0 Å². The predicted molar refractivity (Wildman–Crippen MR) is 59.6 cm³/mol. The molecule has 1 aromatic heterocycles. The fourth-order valence-corrected chi connectivity index (χ4v) is 1.95. The first kappa shape index (κ1) is 11.8. The van der Waals surface area contributed by atoms with Crippen LogP contribution in [0.15, 0.2) is 12.4 Å². The van der Waals surface area contributed by atoms with Crippen molar-refractivity contribution in [2.75, 3.05) is 18.0 Å². The van der Waals surface area contributed by atoms with Crippen molar-refractivity contribution in [1.29, 1.82) is 0 Å². The van der Waals surface area contributed by atoms with Crippen molar-refractivity contribution in [3.8, 4) is 0 Å². The second-order valence-electron chi connectivity index (χ2n) is 4.29. The molecule has 0 radical (unpaired) electrons. The minimum absolute atomic E-state index is 0.0745. The number of piperidine rings is 1. The first-order valence-corrected chi connectivity index (χ1v) is 5.46. The highest BCUT2D eigenvalue weighted by atomic mass is 19.1. The molecular weight excluding hydrogens is 225 g/mol. The molecule has 0 bridgehead atoms. The normalized spacial score (nSPS) is 24.7. The molecule has 1 saturated heterocycles. The lowest BCUT2D eigenvalue weighted by atomic mass is 9.97. The smallest absolute Gasteiger partial charge is 0.308 e. The van der Waals surface area contributed by atoms with Crippen LogP contribution in [0.4, 0.5) is 10.2 Å². The summed E-state index contributed by atoms with van der Waals surface area (Å²) in [6.07, 6.45) is 2.08. The molecule has 17 heavy (non-hydrogen) atoms. The van der Waals surface area contributed by atoms with Gasteiger partial charge < -0.3 is 10.0 Å². The predicted octanol–water partition coefficient (Wildman–Crippen LogP) is 1.03. The molecule has 2 rings (SSSR count). The van der Waals surface area contributed by atoms with Crippen molar-refractivity contribution < 1.29 is 14.3 Å². The highest BCUT2D eigenvalue weighted by Crippen LogP contribution is 2.23. The van der Waals surface area contributed by atoms with Crippen molar-refractivity contribution in [3.05, 3.63) is 18.1 Å². The zero-order valence-corrected chi connectivity index (χ0v) is 9.51. The maximum absolute atomic E-state index is 13.5. The molecule has 0 amide bonds. The minimum atomic E-state index is -1.13. The Labute approximate surface area is 98.3 Å². The van der Waals surface area contributed by atoms with Crippen LogP contribution in [0.5, 0.6) is 0 Å². The molecule has 1 fully saturated rings.